The van der Waals surface area contributed by atoms with E-state index in [1.54, 1.807) is 11.3 Å². The van der Waals surface area contributed by atoms with E-state index in [2.05, 4.69) is 5.32 Å². The molecule has 10 heteroatoms. The van der Waals surface area contributed by atoms with E-state index in [1.165, 1.54) is 6.07 Å². The molecule has 1 aromatic carbocycles. The molecule has 1 N–H and O–H groups in total. The third-order valence-corrected chi connectivity index (χ3v) is 6.62. The second-order valence-electron chi connectivity index (χ2n) is 8.26. The van der Waals surface area contributed by atoms with E-state index in [0.717, 1.165) is 36.5 Å². The second-order valence-corrected chi connectivity index (χ2v) is 9.29. The number of nitrogens with one attached hydrogen (secondary N) is 1. The number of ether oxygens (including phenoxy) is 2. The molecule has 2 aliphatic heterocycles. The molecule has 1 atom stereocenters. The normalized spacial score (nSPS) is 19.3. The highest BCUT2D eigenvalue weighted by molar-refractivity contribution is 7.09. The van der Waals surface area contributed by atoms with Gasteiger partial charge in [-0.15, -0.1) is 11.3 Å². The number of benzene rings is 1. The van der Waals surface area contributed by atoms with Gasteiger partial charge >= 0.3 is 6.18 Å². The van der Waals surface area contributed by atoms with Gasteiger partial charge in [0.15, 0.2) is 0 Å². The monoisotopic (exact) mass is 483 g/mol. The minimum Gasteiger partial charge on any atom is -0.378 e. The molecule has 4 rings (SSSR count). The lowest BCUT2D eigenvalue weighted by molar-refractivity contribution is -0.137. The lowest BCUT2D eigenvalue weighted by atomic mass is 10.1. The molecule has 0 unspecified atom stereocenters. The van der Waals surface area contributed by atoms with E-state index >= 15 is 0 Å². The Labute approximate surface area is 195 Å². The van der Waals surface area contributed by atoms with Crippen LogP contribution in [0, 0.1) is 0 Å². The number of carbonyl (C=O) groups is 1. The quantitative estimate of drug-likeness (QED) is 0.609. The molecule has 2 fully saturated rings. The minimum atomic E-state index is -4.49. The summed E-state index contributed by atoms with van der Waals surface area (Å²) in [4.78, 5) is 18.1. The SMILES string of the molecule is O=C(CN(Cc1cccs1)C[C@H]1CCCO1)Nc1cc(C(F)(F)F)ccc1N1CCOCC1. The van der Waals surface area contributed by atoms with Gasteiger partial charge in [0.05, 0.1) is 42.8 Å². The van der Waals surface area contributed by atoms with Crippen molar-refractivity contribution >= 4 is 28.6 Å². The molecular weight excluding hydrogens is 455 g/mol. The van der Waals surface area contributed by atoms with Crippen molar-refractivity contribution in [1.82, 2.24) is 4.90 Å². The summed E-state index contributed by atoms with van der Waals surface area (Å²) < 4.78 is 51.2. The summed E-state index contributed by atoms with van der Waals surface area (Å²) in [7, 11) is 0. The number of hydrogen-bond donors (Lipinski definition) is 1. The number of amides is 1. The Bertz CT molecular complexity index is 911. The second kappa shape index (κ2) is 10.9. The van der Waals surface area contributed by atoms with Crippen LogP contribution in [0.2, 0.25) is 0 Å². The van der Waals surface area contributed by atoms with Gasteiger partial charge in [-0.2, -0.15) is 13.2 Å². The van der Waals surface area contributed by atoms with Gasteiger partial charge in [-0.05, 0) is 42.5 Å². The molecule has 6 nitrogen and oxygen atoms in total. The van der Waals surface area contributed by atoms with Crippen molar-refractivity contribution < 1.29 is 27.4 Å². The van der Waals surface area contributed by atoms with E-state index in [-0.39, 0.29) is 24.2 Å². The first-order chi connectivity index (χ1) is 15.9. The minimum absolute atomic E-state index is 0.0650. The Kier molecular flexibility index (Phi) is 7.90. The number of nitrogens with zero attached hydrogens (tertiary/aromatic N) is 2. The van der Waals surface area contributed by atoms with Crippen LogP contribution in [0.25, 0.3) is 0 Å². The van der Waals surface area contributed by atoms with Crippen molar-refractivity contribution in [3.05, 3.63) is 46.2 Å². The fourth-order valence-electron chi connectivity index (χ4n) is 4.17. The smallest absolute Gasteiger partial charge is 0.378 e. The van der Waals surface area contributed by atoms with Crippen LogP contribution in [0.1, 0.15) is 23.3 Å². The zero-order valence-corrected chi connectivity index (χ0v) is 19.1. The van der Waals surface area contributed by atoms with Crippen molar-refractivity contribution in [1.29, 1.82) is 0 Å². The van der Waals surface area contributed by atoms with Gasteiger partial charge in [0.2, 0.25) is 5.91 Å². The van der Waals surface area contributed by atoms with Gasteiger partial charge < -0.3 is 19.7 Å². The molecule has 1 amide bonds. The molecule has 180 valence electrons. The average Bonchev–Trinajstić information content (AvgIpc) is 3.48. The molecule has 3 heterocycles. The standard InChI is InChI=1S/C23H28F3N3O3S/c24-23(25,26)17-5-6-21(29-7-10-31-11-8-29)20(13-17)27-22(30)16-28(14-18-3-1-9-32-18)15-19-4-2-12-33-19/h2,4-6,12-13,18H,1,3,7-11,14-16H2,(H,27,30)/t18-/m1/s1. The van der Waals surface area contributed by atoms with E-state index < -0.39 is 11.7 Å². The Morgan fingerprint density at radius 3 is 2.70 bits per heavy atom. The Hall–Kier alpha value is -2.14. The molecule has 1 aromatic heterocycles. The molecule has 0 radical (unpaired) electrons. The Morgan fingerprint density at radius 2 is 2.03 bits per heavy atom. The predicted octanol–water partition coefficient (Wildman–Crippen LogP) is 4.22. The third kappa shape index (κ3) is 6.69. The van der Waals surface area contributed by atoms with Crippen LogP contribution < -0.4 is 10.2 Å². The van der Waals surface area contributed by atoms with Crippen molar-refractivity contribution in [2.75, 3.05) is 56.2 Å². The number of hydrogen-bond acceptors (Lipinski definition) is 6. The summed E-state index contributed by atoms with van der Waals surface area (Å²) in [5.41, 5.74) is -0.0434. The summed E-state index contributed by atoms with van der Waals surface area (Å²) in [5, 5.41) is 4.74. The summed E-state index contributed by atoms with van der Waals surface area (Å²) in [6.45, 7) is 4.06. The average molecular weight is 484 g/mol. The van der Waals surface area contributed by atoms with E-state index in [1.807, 2.05) is 27.3 Å². The third-order valence-electron chi connectivity index (χ3n) is 5.76. The highest BCUT2D eigenvalue weighted by atomic mass is 32.1. The highest BCUT2D eigenvalue weighted by Gasteiger charge is 2.32. The van der Waals surface area contributed by atoms with Gasteiger partial charge in [-0.1, -0.05) is 6.07 Å². The lowest BCUT2D eigenvalue weighted by Crippen LogP contribution is -2.39. The van der Waals surface area contributed by atoms with Gasteiger partial charge in [0, 0.05) is 37.7 Å². The van der Waals surface area contributed by atoms with Crippen molar-refractivity contribution in [3.63, 3.8) is 0 Å². The number of halogens is 3. The predicted molar refractivity (Wildman–Crippen MR) is 122 cm³/mol. The van der Waals surface area contributed by atoms with Crippen LogP contribution in [-0.2, 0) is 27.0 Å². The summed E-state index contributed by atoms with van der Waals surface area (Å²) in [5.74, 6) is -0.349. The molecule has 0 bridgehead atoms. The van der Waals surface area contributed by atoms with Crippen LogP contribution in [0.3, 0.4) is 0 Å². The zero-order valence-electron chi connectivity index (χ0n) is 18.3. The fourth-order valence-corrected chi connectivity index (χ4v) is 4.92. The van der Waals surface area contributed by atoms with Gasteiger partial charge in [0.25, 0.3) is 0 Å². The lowest BCUT2D eigenvalue weighted by Gasteiger charge is -2.31. The largest absolute Gasteiger partial charge is 0.416 e. The number of carbonyl (C=O) groups excluding carboxylic acids is 1. The zero-order chi connectivity index (χ0) is 23.3. The van der Waals surface area contributed by atoms with Crippen molar-refractivity contribution in [2.24, 2.45) is 0 Å². The van der Waals surface area contributed by atoms with Crippen LogP contribution in [0.4, 0.5) is 24.5 Å². The van der Waals surface area contributed by atoms with Crippen LogP contribution in [0.15, 0.2) is 35.7 Å². The number of thiophene rings is 1. The Morgan fingerprint density at radius 1 is 1.21 bits per heavy atom. The van der Waals surface area contributed by atoms with E-state index in [4.69, 9.17) is 9.47 Å². The summed E-state index contributed by atoms with van der Waals surface area (Å²) >= 11 is 1.61. The van der Waals surface area contributed by atoms with Crippen LogP contribution in [-0.4, -0.2) is 62.9 Å². The number of alkyl halides is 3. The maximum Gasteiger partial charge on any atom is 0.416 e. The topological polar surface area (TPSA) is 54.0 Å². The van der Waals surface area contributed by atoms with Gasteiger partial charge in [-0.25, -0.2) is 0 Å². The number of anilines is 2. The first-order valence-corrected chi connectivity index (χ1v) is 12.0. The van der Waals surface area contributed by atoms with E-state index in [0.29, 0.717) is 45.1 Å². The molecule has 0 saturated carbocycles. The first kappa shape index (κ1) is 24.0. The Balaban J connectivity index is 1.50. The van der Waals surface area contributed by atoms with Crippen LogP contribution in [0.5, 0.6) is 0 Å². The van der Waals surface area contributed by atoms with Crippen molar-refractivity contribution in [2.45, 2.75) is 31.7 Å². The molecule has 2 aromatic rings. The first-order valence-electron chi connectivity index (χ1n) is 11.1. The molecule has 33 heavy (non-hydrogen) atoms. The summed E-state index contributed by atoms with van der Waals surface area (Å²) in [6.07, 6.45) is -2.49. The highest BCUT2D eigenvalue weighted by Crippen LogP contribution is 2.35. The molecule has 0 aliphatic carbocycles. The van der Waals surface area contributed by atoms with E-state index in [9.17, 15) is 18.0 Å². The molecule has 0 spiro atoms. The molecular formula is C23H28F3N3O3S. The van der Waals surface area contributed by atoms with Gasteiger partial charge in [0.1, 0.15) is 0 Å². The van der Waals surface area contributed by atoms with Gasteiger partial charge in [-0.3, -0.25) is 9.69 Å². The molecule has 2 saturated heterocycles. The molecule has 2 aliphatic rings. The van der Waals surface area contributed by atoms with Crippen molar-refractivity contribution in [3.8, 4) is 0 Å². The maximum atomic E-state index is 13.4. The maximum absolute atomic E-state index is 13.4. The summed E-state index contributed by atoms with van der Waals surface area (Å²) in [6, 6.07) is 7.48. The van der Waals surface area contributed by atoms with Crippen LogP contribution >= 0.6 is 11.3 Å². The number of morpholine rings is 1. The fraction of sp³-hybridized carbons (Fsp3) is 0.522. The number of rotatable bonds is 8.